The van der Waals surface area contributed by atoms with Gasteiger partial charge in [0.05, 0.1) is 12.7 Å². The molecule has 6 heteroatoms. The van der Waals surface area contributed by atoms with E-state index in [9.17, 15) is 14.7 Å². The lowest BCUT2D eigenvalue weighted by Gasteiger charge is -2.12. The van der Waals surface area contributed by atoms with E-state index in [2.05, 4.69) is 9.72 Å². The quantitative estimate of drug-likeness (QED) is 0.666. The number of carboxylic acid groups (broad SMARTS) is 1. The van der Waals surface area contributed by atoms with Crippen molar-refractivity contribution in [3.05, 3.63) is 22.9 Å². The Morgan fingerprint density at radius 2 is 2.06 bits per heavy atom. The predicted molar refractivity (Wildman–Crippen MR) is 68.0 cm³/mol. The number of esters is 1. The third-order valence-corrected chi connectivity index (χ3v) is 3.41. The summed E-state index contributed by atoms with van der Waals surface area (Å²) in [5, 5.41) is 9.02. The normalized spacial score (nSPS) is 12.0. The molecule has 0 fully saturated rings. The monoisotopic (exact) mass is 269 g/mol. The highest BCUT2D eigenvalue weighted by Crippen LogP contribution is 2.28. The zero-order valence-corrected chi connectivity index (χ0v) is 11.5. The fourth-order valence-corrected chi connectivity index (χ4v) is 2.62. The van der Waals surface area contributed by atoms with Crippen molar-refractivity contribution in [3.8, 4) is 0 Å². The first kappa shape index (κ1) is 14.5. The first-order valence-electron chi connectivity index (χ1n) is 5.32. The number of methoxy groups -OCH3 is 1. The molecule has 98 valence electrons. The highest BCUT2D eigenvalue weighted by atomic mass is 32.2. The fraction of sp³-hybridized carbons (Fsp3) is 0.417. The first-order valence-corrected chi connectivity index (χ1v) is 6.20. The Balaban J connectivity index is 3.15. The van der Waals surface area contributed by atoms with Crippen LogP contribution >= 0.6 is 11.8 Å². The number of aromatic nitrogens is 1. The van der Waals surface area contributed by atoms with Gasteiger partial charge in [-0.15, -0.1) is 0 Å². The molecule has 1 heterocycles. The van der Waals surface area contributed by atoms with Gasteiger partial charge in [-0.1, -0.05) is 11.8 Å². The Kier molecular flexibility index (Phi) is 4.72. The highest BCUT2D eigenvalue weighted by Gasteiger charge is 2.22. The van der Waals surface area contributed by atoms with Gasteiger partial charge in [-0.25, -0.2) is 9.78 Å². The van der Waals surface area contributed by atoms with Crippen LogP contribution in [0.25, 0.3) is 0 Å². The van der Waals surface area contributed by atoms with Gasteiger partial charge in [0.2, 0.25) is 0 Å². The van der Waals surface area contributed by atoms with Crippen LogP contribution in [0.1, 0.15) is 28.5 Å². The van der Waals surface area contributed by atoms with Crippen LogP contribution in [-0.2, 0) is 9.53 Å². The maximum Gasteiger partial charge on any atom is 0.338 e. The van der Waals surface area contributed by atoms with Gasteiger partial charge in [-0.05, 0) is 32.4 Å². The molecular weight excluding hydrogens is 254 g/mol. The second-order valence-corrected chi connectivity index (χ2v) is 5.18. The number of pyridine rings is 1. The molecule has 1 atom stereocenters. The average Bonchev–Trinajstić information content (AvgIpc) is 2.26. The molecule has 0 bridgehead atoms. The number of hydrogen-bond donors (Lipinski definition) is 1. The molecule has 1 unspecified atom stereocenters. The highest BCUT2D eigenvalue weighted by molar-refractivity contribution is 8.00. The molecule has 0 saturated heterocycles. The molecule has 0 aromatic carbocycles. The SMILES string of the molecule is COC(=O)C(C)Sc1nc(C)cc(C)c1C(=O)O. The van der Waals surface area contributed by atoms with E-state index in [1.54, 1.807) is 26.8 Å². The van der Waals surface area contributed by atoms with E-state index in [1.807, 2.05) is 0 Å². The molecule has 1 rings (SSSR count). The summed E-state index contributed by atoms with van der Waals surface area (Å²) in [6, 6.07) is 1.70. The summed E-state index contributed by atoms with van der Waals surface area (Å²) in [6.07, 6.45) is 0. The molecule has 0 aliphatic rings. The van der Waals surface area contributed by atoms with E-state index >= 15 is 0 Å². The van der Waals surface area contributed by atoms with Crippen LogP contribution in [0.15, 0.2) is 11.1 Å². The lowest BCUT2D eigenvalue weighted by molar-refractivity contribution is -0.139. The zero-order chi connectivity index (χ0) is 13.9. The minimum Gasteiger partial charge on any atom is -0.478 e. The average molecular weight is 269 g/mol. The van der Waals surface area contributed by atoms with Gasteiger partial charge < -0.3 is 9.84 Å². The number of carbonyl (C=O) groups is 2. The largest absolute Gasteiger partial charge is 0.478 e. The summed E-state index contributed by atoms with van der Waals surface area (Å²) in [5.41, 5.74) is 1.49. The number of hydrogen-bond acceptors (Lipinski definition) is 5. The zero-order valence-electron chi connectivity index (χ0n) is 10.7. The van der Waals surface area contributed by atoms with Crippen molar-refractivity contribution in [1.29, 1.82) is 0 Å². The Morgan fingerprint density at radius 1 is 1.44 bits per heavy atom. The van der Waals surface area contributed by atoms with Crippen LogP contribution in [0.2, 0.25) is 0 Å². The summed E-state index contributed by atoms with van der Waals surface area (Å²) >= 11 is 1.09. The Labute approximate surface area is 110 Å². The number of rotatable bonds is 4. The van der Waals surface area contributed by atoms with Gasteiger partial charge in [0.1, 0.15) is 10.3 Å². The minimum atomic E-state index is -1.04. The number of ether oxygens (including phenoxy) is 1. The number of carbonyl (C=O) groups excluding carboxylic acids is 1. The Bertz CT molecular complexity index is 487. The third kappa shape index (κ3) is 3.22. The van der Waals surface area contributed by atoms with Crippen molar-refractivity contribution in [2.45, 2.75) is 31.0 Å². The van der Waals surface area contributed by atoms with Crippen molar-refractivity contribution < 1.29 is 19.4 Å². The molecular formula is C12H15NO4S. The molecule has 0 amide bonds. The topological polar surface area (TPSA) is 76.5 Å². The van der Waals surface area contributed by atoms with Gasteiger partial charge in [-0.3, -0.25) is 4.79 Å². The predicted octanol–water partition coefficient (Wildman–Crippen LogP) is 2.05. The lowest BCUT2D eigenvalue weighted by atomic mass is 10.1. The van der Waals surface area contributed by atoms with Crippen molar-refractivity contribution in [3.63, 3.8) is 0 Å². The maximum absolute atomic E-state index is 11.3. The standard InChI is InChI=1S/C12H15NO4S/c1-6-5-7(2)13-10(9(6)11(14)15)18-8(3)12(16)17-4/h5,8H,1-4H3,(H,14,15). The van der Waals surface area contributed by atoms with Crippen molar-refractivity contribution in [2.75, 3.05) is 7.11 Å². The van der Waals surface area contributed by atoms with E-state index < -0.39 is 17.2 Å². The Morgan fingerprint density at radius 3 is 2.56 bits per heavy atom. The van der Waals surface area contributed by atoms with Gasteiger partial charge in [-0.2, -0.15) is 0 Å². The minimum absolute atomic E-state index is 0.140. The van der Waals surface area contributed by atoms with Gasteiger partial charge >= 0.3 is 11.9 Å². The molecule has 5 nitrogen and oxygen atoms in total. The molecule has 0 spiro atoms. The van der Waals surface area contributed by atoms with Crippen molar-refractivity contribution in [2.24, 2.45) is 0 Å². The van der Waals surface area contributed by atoms with Gasteiger partial charge in [0, 0.05) is 5.69 Å². The molecule has 0 aliphatic heterocycles. The van der Waals surface area contributed by atoms with Crippen LogP contribution in [0.3, 0.4) is 0 Å². The molecule has 0 aliphatic carbocycles. The number of aryl methyl sites for hydroxylation is 2. The van der Waals surface area contributed by atoms with E-state index in [4.69, 9.17) is 0 Å². The number of aromatic carboxylic acids is 1. The van der Waals surface area contributed by atoms with Gasteiger partial charge in [0.15, 0.2) is 0 Å². The van der Waals surface area contributed by atoms with Crippen molar-refractivity contribution in [1.82, 2.24) is 4.98 Å². The van der Waals surface area contributed by atoms with E-state index in [-0.39, 0.29) is 5.56 Å². The fourth-order valence-electron chi connectivity index (χ4n) is 1.53. The van der Waals surface area contributed by atoms with Crippen LogP contribution in [0, 0.1) is 13.8 Å². The first-order chi connectivity index (χ1) is 8.36. The number of thioether (sulfide) groups is 1. The summed E-state index contributed by atoms with van der Waals surface area (Å²) in [5.74, 6) is -1.45. The number of nitrogens with zero attached hydrogens (tertiary/aromatic N) is 1. The van der Waals surface area contributed by atoms with Gasteiger partial charge in [0.25, 0.3) is 0 Å². The van der Waals surface area contributed by atoms with Crippen LogP contribution in [-0.4, -0.2) is 34.4 Å². The molecule has 1 aromatic heterocycles. The lowest BCUT2D eigenvalue weighted by Crippen LogP contribution is -2.16. The summed E-state index contributed by atoms with van der Waals surface area (Å²) in [4.78, 5) is 26.7. The second-order valence-electron chi connectivity index (χ2n) is 3.85. The van der Waals surface area contributed by atoms with Crippen LogP contribution in [0.5, 0.6) is 0 Å². The van der Waals surface area contributed by atoms with Crippen molar-refractivity contribution >= 4 is 23.7 Å². The summed E-state index contributed by atoms with van der Waals surface area (Å²) in [7, 11) is 1.30. The van der Waals surface area contributed by atoms with E-state index in [0.717, 1.165) is 17.5 Å². The Hall–Kier alpha value is -1.56. The smallest absolute Gasteiger partial charge is 0.338 e. The number of carboxylic acids is 1. The maximum atomic E-state index is 11.3. The molecule has 1 aromatic rings. The van der Waals surface area contributed by atoms with Crippen LogP contribution in [0.4, 0.5) is 0 Å². The second kappa shape index (κ2) is 5.86. The van der Waals surface area contributed by atoms with E-state index in [0.29, 0.717) is 10.6 Å². The third-order valence-electron chi connectivity index (χ3n) is 2.35. The molecule has 18 heavy (non-hydrogen) atoms. The molecule has 0 radical (unpaired) electrons. The van der Waals surface area contributed by atoms with E-state index in [1.165, 1.54) is 7.11 Å². The summed E-state index contributed by atoms with van der Waals surface area (Å²) in [6.45, 7) is 5.15. The van der Waals surface area contributed by atoms with Crippen LogP contribution < -0.4 is 0 Å². The molecule has 0 saturated carbocycles. The molecule has 1 N–H and O–H groups in total. The summed E-state index contributed by atoms with van der Waals surface area (Å²) < 4.78 is 4.61.